The quantitative estimate of drug-likeness (QED) is 0.618. The molecular formula is C12H10N4. The molecule has 2 heterocycles. The van der Waals surface area contributed by atoms with Gasteiger partial charge in [-0.2, -0.15) is 5.10 Å². The van der Waals surface area contributed by atoms with Crippen LogP contribution < -0.4 is 0 Å². The fourth-order valence-electron chi connectivity index (χ4n) is 1.73. The number of nitrogens with zero attached hydrogens (tertiary/aromatic N) is 4. The number of fused-ring (bicyclic) bond motifs is 1. The average Bonchev–Trinajstić information content (AvgIpc) is 2.72. The van der Waals surface area contributed by atoms with Crippen molar-refractivity contribution in [3.63, 3.8) is 0 Å². The van der Waals surface area contributed by atoms with Crippen LogP contribution in [-0.4, -0.2) is 19.7 Å². The highest BCUT2D eigenvalue weighted by molar-refractivity contribution is 5.74. The molecule has 78 valence electrons. The topological polar surface area (TPSA) is 43.6 Å². The molecule has 0 aliphatic heterocycles. The van der Waals surface area contributed by atoms with Crippen molar-refractivity contribution in [2.75, 3.05) is 0 Å². The summed E-state index contributed by atoms with van der Waals surface area (Å²) in [6, 6.07) is 8.17. The summed E-state index contributed by atoms with van der Waals surface area (Å²) in [6.07, 6.45) is 5.08. The van der Waals surface area contributed by atoms with Crippen LogP contribution in [0.15, 0.2) is 43.0 Å². The number of rotatable bonds is 1. The van der Waals surface area contributed by atoms with Gasteiger partial charge >= 0.3 is 0 Å². The predicted molar refractivity (Wildman–Crippen MR) is 61.4 cm³/mol. The second kappa shape index (κ2) is 3.41. The summed E-state index contributed by atoms with van der Waals surface area (Å²) in [5.74, 6) is 0. The Bertz CT molecular complexity index is 642. The van der Waals surface area contributed by atoms with Gasteiger partial charge in [-0.3, -0.25) is 0 Å². The van der Waals surface area contributed by atoms with Crippen LogP contribution >= 0.6 is 0 Å². The molecule has 3 rings (SSSR count). The molecule has 0 fully saturated rings. The lowest BCUT2D eigenvalue weighted by Crippen LogP contribution is -1.97. The first-order valence-corrected chi connectivity index (χ1v) is 5.05. The zero-order valence-corrected chi connectivity index (χ0v) is 8.83. The highest BCUT2D eigenvalue weighted by Crippen LogP contribution is 2.15. The van der Waals surface area contributed by atoms with E-state index in [0.29, 0.717) is 0 Å². The van der Waals surface area contributed by atoms with E-state index in [1.165, 1.54) is 11.9 Å². The van der Waals surface area contributed by atoms with Crippen LogP contribution in [0.3, 0.4) is 0 Å². The largest absolute Gasteiger partial charge is 0.244 e. The monoisotopic (exact) mass is 210 g/mol. The van der Waals surface area contributed by atoms with Gasteiger partial charge in [-0.05, 0) is 24.6 Å². The molecule has 0 saturated carbocycles. The molecule has 4 nitrogen and oxygen atoms in total. The molecular weight excluding hydrogens is 200 g/mol. The summed E-state index contributed by atoms with van der Waals surface area (Å²) in [5, 5.41) is 5.27. The molecule has 0 radical (unpaired) electrons. The first-order chi connectivity index (χ1) is 7.84. The van der Waals surface area contributed by atoms with Crippen molar-refractivity contribution >= 4 is 11.0 Å². The molecule has 3 aromatic rings. The third-order valence-electron chi connectivity index (χ3n) is 2.48. The maximum absolute atomic E-state index is 4.32. The van der Waals surface area contributed by atoms with E-state index in [2.05, 4.69) is 34.1 Å². The summed E-state index contributed by atoms with van der Waals surface area (Å²) < 4.78 is 1.82. The van der Waals surface area contributed by atoms with Gasteiger partial charge in [-0.25, -0.2) is 14.6 Å². The fraction of sp³-hybridized carbons (Fsp3) is 0.0833. The second-order valence-corrected chi connectivity index (χ2v) is 3.70. The summed E-state index contributed by atoms with van der Waals surface area (Å²) in [7, 11) is 0. The van der Waals surface area contributed by atoms with Gasteiger partial charge in [-0.15, -0.1) is 0 Å². The SMILES string of the molecule is Cc1cccc(-n2ncc3cncnc32)c1. The van der Waals surface area contributed by atoms with Gasteiger partial charge in [0.05, 0.1) is 17.3 Å². The predicted octanol–water partition coefficient (Wildman–Crippen LogP) is 2.12. The smallest absolute Gasteiger partial charge is 0.166 e. The van der Waals surface area contributed by atoms with Gasteiger partial charge in [0, 0.05) is 6.20 Å². The summed E-state index contributed by atoms with van der Waals surface area (Å²) >= 11 is 0. The Balaban J connectivity index is 2.26. The van der Waals surface area contributed by atoms with Crippen LogP contribution in [-0.2, 0) is 0 Å². The van der Waals surface area contributed by atoms with Crippen molar-refractivity contribution in [2.24, 2.45) is 0 Å². The Kier molecular flexibility index (Phi) is 1.93. The lowest BCUT2D eigenvalue weighted by Gasteiger charge is -2.02. The molecule has 1 aromatic carbocycles. The number of benzene rings is 1. The molecule has 4 heteroatoms. The molecule has 0 atom stereocenters. The summed E-state index contributed by atoms with van der Waals surface area (Å²) in [4.78, 5) is 8.21. The highest BCUT2D eigenvalue weighted by Gasteiger charge is 2.05. The first kappa shape index (κ1) is 9.03. The van der Waals surface area contributed by atoms with Crippen LogP contribution in [0.25, 0.3) is 16.7 Å². The Morgan fingerprint density at radius 2 is 2.12 bits per heavy atom. The van der Waals surface area contributed by atoms with Crippen molar-refractivity contribution in [3.05, 3.63) is 48.5 Å². The molecule has 16 heavy (non-hydrogen) atoms. The molecule has 0 amide bonds. The molecule has 0 saturated heterocycles. The number of hydrogen-bond donors (Lipinski definition) is 0. The van der Waals surface area contributed by atoms with E-state index in [-0.39, 0.29) is 0 Å². The minimum absolute atomic E-state index is 0.834. The van der Waals surface area contributed by atoms with Crippen LogP contribution in [0.4, 0.5) is 0 Å². The Hall–Kier alpha value is -2.23. The summed E-state index contributed by atoms with van der Waals surface area (Å²) in [6.45, 7) is 2.06. The lowest BCUT2D eigenvalue weighted by atomic mass is 10.2. The normalized spacial score (nSPS) is 10.8. The van der Waals surface area contributed by atoms with Gasteiger partial charge in [0.1, 0.15) is 6.33 Å². The zero-order chi connectivity index (χ0) is 11.0. The van der Waals surface area contributed by atoms with Crippen molar-refractivity contribution in [3.8, 4) is 5.69 Å². The van der Waals surface area contributed by atoms with Gasteiger partial charge in [-0.1, -0.05) is 12.1 Å². The van der Waals surface area contributed by atoms with Crippen LogP contribution in [0.1, 0.15) is 5.56 Å². The van der Waals surface area contributed by atoms with Crippen LogP contribution in [0.5, 0.6) is 0 Å². The van der Waals surface area contributed by atoms with E-state index in [1.807, 2.05) is 16.8 Å². The minimum atomic E-state index is 0.834. The van der Waals surface area contributed by atoms with Gasteiger partial charge < -0.3 is 0 Å². The Morgan fingerprint density at radius 3 is 3.00 bits per heavy atom. The van der Waals surface area contributed by atoms with Crippen molar-refractivity contribution in [1.82, 2.24) is 19.7 Å². The molecule has 2 aromatic heterocycles. The number of hydrogen-bond acceptors (Lipinski definition) is 3. The Morgan fingerprint density at radius 1 is 1.19 bits per heavy atom. The van der Waals surface area contributed by atoms with Crippen molar-refractivity contribution < 1.29 is 0 Å². The maximum atomic E-state index is 4.32. The highest BCUT2D eigenvalue weighted by atomic mass is 15.3. The van der Waals surface area contributed by atoms with Gasteiger partial charge in [0.2, 0.25) is 0 Å². The molecule has 0 bridgehead atoms. The Labute approximate surface area is 92.6 Å². The van der Waals surface area contributed by atoms with Crippen LogP contribution in [0.2, 0.25) is 0 Å². The maximum Gasteiger partial charge on any atom is 0.166 e. The molecule has 0 spiro atoms. The second-order valence-electron chi connectivity index (χ2n) is 3.70. The third kappa shape index (κ3) is 1.35. The third-order valence-corrected chi connectivity index (χ3v) is 2.48. The standard InChI is InChI=1S/C12H10N4/c1-9-3-2-4-11(5-9)16-12-10(7-15-16)6-13-8-14-12/h2-8H,1H3. The van der Waals surface area contributed by atoms with E-state index < -0.39 is 0 Å². The van der Waals surface area contributed by atoms with E-state index >= 15 is 0 Å². The fourth-order valence-corrected chi connectivity index (χ4v) is 1.73. The van der Waals surface area contributed by atoms with E-state index in [4.69, 9.17) is 0 Å². The number of aromatic nitrogens is 4. The van der Waals surface area contributed by atoms with Crippen LogP contribution in [0, 0.1) is 6.92 Å². The van der Waals surface area contributed by atoms with Gasteiger partial charge in [0.25, 0.3) is 0 Å². The van der Waals surface area contributed by atoms with Crippen molar-refractivity contribution in [2.45, 2.75) is 6.92 Å². The molecule has 0 aliphatic rings. The van der Waals surface area contributed by atoms with E-state index in [0.717, 1.165) is 16.7 Å². The molecule has 0 aliphatic carbocycles. The van der Waals surface area contributed by atoms with Gasteiger partial charge in [0.15, 0.2) is 5.65 Å². The average molecular weight is 210 g/mol. The lowest BCUT2D eigenvalue weighted by molar-refractivity contribution is 0.893. The summed E-state index contributed by atoms with van der Waals surface area (Å²) in [5.41, 5.74) is 3.06. The van der Waals surface area contributed by atoms with E-state index in [1.54, 1.807) is 12.4 Å². The number of aryl methyl sites for hydroxylation is 1. The zero-order valence-electron chi connectivity index (χ0n) is 8.83. The van der Waals surface area contributed by atoms with Crippen molar-refractivity contribution in [1.29, 1.82) is 0 Å². The first-order valence-electron chi connectivity index (χ1n) is 5.05. The molecule has 0 N–H and O–H groups in total. The van der Waals surface area contributed by atoms with E-state index in [9.17, 15) is 0 Å². The minimum Gasteiger partial charge on any atom is -0.244 e. The molecule has 0 unspecified atom stereocenters.